The first-order valence-electron chi connectivity index (χ1n) is 8.09. The van der Waals surface area contributed by atoms with Crippen LogP contribution in [0.3, 0.4) is 0 Å². The molecule has 1 aliphatic heterocycles. The van der Waals surface area contributed by atoms with Crippen molar-refractivity contribution >= 4 is 10.0 Å². The van der Waals surface area contributed by atoms with Crippen LogP contribution in [0, 0.1) is 17.2 Å². The van der Waals surface area contributed by atoms with Gasteiger partial charge in [0.1, 0.15) is 0 Å². The third kappa shape index (κ3) is 5.94. The van der Waals surface area contributed by atoms with Crippen molar-refractivity contribution < 1.29 is 8.42 Å². The molecule has 0 radical (unpaired) electrons. The van der Waals surface area contributed by atoms with Gasteiger partial charge in [-0.15, -0.1) is 0 Å². The fourth-order valence-corrected chi connectivity index (χ4v) is 4.56. The van der Waals surface area contributed by atoms with Crippen molar-refractivity contribution in [2.75, 3.05) is 19.6 Å². The highest BCUT2D eigenvalue weighted by molar-refractivity contribution is 7.88. The maximum absolute atomic E-state index is 12.3. The van der Waals surface area contributed by atoms with Gasteiger partial charge in [0.05, 0.1) is 17.4 Å². The number of likely N-dealkylation sites (tertiary alicyclic amines) is 1. The number of nitrogens with zero attached hydrogens (tertiary/aromatic N) is 2. The van der Waals surface area contributed by atoms with Crippen molar-refractivity contribution in [3.63, 3.8) is 0 Å². The number of sulfonamides is 1. The summed E-state index contributed by atoms with van der Waals surface area (Å²) in [4.78, 5) is 2.33. The molecule has 0 spiro atoms. The summed E-state index contributed by atoms with van der Waals surface area (Å²) in [6.07, 6.45) is 2.44. The molecule has 1 aromatic carbocycles. The summed E-state index contributed by atoms with van der Waals surface area (Å²) in [7, 11) is -3.41. The predicted octanol–water partition coefficient (Wildman–Crippen LogP) is 2.10. The molecule has 23 heavy (non-hydrogen) atoms. The van der Waals surface area contributed by atoms with Gasteiger partial charge in [-0.05, 0) is 49.9 Å². The molecule has 1 aromatic rings. The van der Waals surface area contributed by atoms with E-state index in [9.17, 15) is 8.42 Å². The van der Waals surface area contributed by atoms with E-state index in [1.54, 1.807) is 24.3 Å². The molecular weight excluding hydrogens is 310 g/mol. The zero-order valence-electron chi connectivity index (χ0n) is 13.8. The first-order chi connectivity index (χ1) is 10.9. The number of hydrogen-bond acceptors (Lipinski definition) is 4. The normalized spacial score (nSPS) is 20.8. The van der Waals surface area contributed by atoms with Gasteiger partial charge in [0.25, 0.3) is 0 Å². The van der Waals surface area contributed by atoms with Crippen molar-refractivity contribution in [1.82, 2.24) is 9.62 Å². The van der Waals surface area contributed by atoms with E-state index >= 15 is 0 Å². The summed E-state index contributed by atoms with van der Waals surface area (Å²) >= 11 is 0. The monoisotopic (exact) mass is 335 g/mol. The van der Waals surface area contributed by atoms with Crippen LogP contribution in [-0.4, -0.2) is 39.0 Å². The molecule has 0 bridgehead atoms. The minimum absolute atomic E-state index is 0.0940. The Morgan fingerprint density at radius 1 is 1.48 bits per heavy atom. The first kappa shape index (κ1) is 17.9. The molecule has 0 unspecified atom stereocenters. The standard InChI is InChI=1S/C17H25N3O2S/c1-14-5-4-8-20(11-14)12-15(2)19-23(21,22)13-17-7-3-6-16(9-17)10-18/h3,6-7,9,14-15,19H,4-5,8,11-13H2,1-2H3/t14-,15+/m1/s1. The van der Waals surface area contributed by atoms with Crippen LogP contribution in [-0.2, 0) is 15.8 Å². The molecule has 0 aliphatic carbocycles. The van der Waals surface area contributed by atoms with E-state index in [1.165, 1.54) is 12.8 Å². The highest BCUT2D eigenvalue weighted by Crippen LogP contribution is 2.15. The van der Waals surface area contributed by atoms with Gasteiger partial charge in [0.2, 0.25) is 10.0 Å². The molecule has 1 heterocycles. The Bertz CT molecular complexity index is 667. The Morgan fingerprint density at radius 2 is 2.26 bits per heavy atom. The lowest BCUT2D eigenvalue weighted by Crippen LogP contribution is -2.45. The third-order valence-corrected chi connectivity index (χ3v) is 5.54. The van der Waals surface area contributed by atoms with Crippen molar-refractivity contribution in [1.29, 1.82) is 5.26 Å². The second-order valence-corrected chi connectivity index (χ2v) is 8.35. The van der Waals surface area contributed by atoms with Gasteiger partial charge in [-0.1, -0.05) is 19.1 Å². The SMILES string of the molecule is C[C@@H]1CCCN(C[C@H](C)NS(=O)(=O)Cc2cccc(C#N)c2)C1. The predicted molar refractivity (Wildman–Crippen MR) is 91.2 cm³/mol. The van der Waals surface area contributed by atoms with Gasteiger partial charge in [0, 0.05) is 19.1 Å². The van der Waals surface area contributed by atoms with E-state index in [0.29, 0.717) is 17.0 Å². The van der Waals surface area contributed by atoms with E-state index in [-0.39, 0.29) is 11.8 Å². The summed E-state index contributed by atoms with van der Waals surface area (Å²) in [6, 6.07) is 8.64. The molecule has 1 fully saturated rings. The molecule has 1 saturated heterocycles. The lowest BCUT2D eigenvalue weighted by Gasteiger charge is -2.32. The minimum Gasteiger partial charge on any atom is -0.301 e. The zero-order valence-corrected chi connectivity index (χ0v) is 14.6. The highest BCUT2D eigenvalue weighted by atomic mass is 32.2. The summed E-state index contributed by atoms with van der Waals surface area (Å²) in [5.41, 5.74) is 1.11. The summed E-state index contributed by atoms with van der Waals surface area (Å²) in [6.45, 7) is 6.96. The summed E-state index contributed by atoms with van der Waals surface area (Å²) < 4.78 is 27.4. The van der Waals surface area contributed by atoms with Crippen molar-refractivity contribution in [3.05, 3.63) is 35.4 Å². The maximum Gasteiger partial charge on any atom is 0.216 e. The Hall–Kier alpha value is -1.42. The smallest absolute Gasteiger partial charge is 0.216 e. The minimum atomic E-state index is -3.41. The van der Waals surface area contributed by atoms with Crippen LogP contribution in [0.25, 0.3) is 0 Å². The Balaban J connectivity index is 1.90. The zero-order chi connectivity index (χ0) is 16.9. The van der Waals surface area contributed by atoms with Crippen molar-refractivity contribution in [2.45, 2.75) is 38.5 Å². The average molecular weight is 335 g/mol. The van der Waals surface area contributed by atoms with Gasteiger partial charge >= 0.3 is 0 Å². The number of nitriles is 1. The van der Waals surface area contributed by atoms with Gasteiger partial charge in [-0.2, -0.15) is 5.26 Å². The molecule has 1 N–H and O–H groups in total. The maximum atomic E-state index is 12.3. The fourth-order valence-electron chi connectivity index (χ4n) is 3.18. The van der Waals surface area contributed by atoms with E-state index in [4.69, 9.17) is 5.26 Å². The molecule has 2 rings (SSSR count). The number of benzene rings is 1. The van der Waals surface area contributed by atoms with Crippen LogP contribution in [0.1, 0.15) is 37.8 Å². The molecule has 0 aromatic heterocycles. The first-order valence-corrected chi connectivity index (χ1v) is 9.74. The van der Waals surface area contributed by atoms with Crippen LogP contribution >= 0.6 is 0 Å². The van der Waals surface area contributed by atoms with Crippen LogP contribution in [0.5, 0.6) is 0 Å². The topological polar surface area (TPSA) is 73.2 Å². The molecular formula is C17H25N3O2S. The average Bonchev–Trinajstić information content (AvgIpc) is 2.46. The Labute approximate surface area is 139 Å². The Kier molecular flexibility index (Phi) is 6.17. The largest absolute Gasteiger partial charge is 0.301 e. The summed E-state index contributed by atoms with van der Waals surface area (Å²) in [5.74, 6) is 0.588. The van der Waals surface area contributed by atoms with E-state index in [0.717, 1.165) is 19.6 Å². The van der Waals surface area contributed by atoms with E-state index in [2.05, 4.69) is 16.5 Å². The lowest BCUT2D eigenvalue weighted by molar-refractivity contribution is 0.174. The number of rotatable bonds is 6. The quantitative estimate of drug-likeness (QED) is 0.864. The molecule has 1 aliphatic rings. The molecule has 5 nitrogen and oxygen atoms in total. The molecule has 0 amide bonds. The number of piperidine rings is 1. The molecule has 6 heteroatoms. The van der Waals surface area contributed by atoms with Gasteiger partial charge in [-0.25, -0.2) is 13.1 Å². The third-order valence-electron chi connectivity index (χ3n) is 4.07. The number of nitrogens with one attached hydrogen (secondary N) is 1. The van der Waals surface area contributed by atoms with Crippen molar-refractivity contribution in [2.24, 2.45) is 5.92 Å². The van der Waals surface area contributed by atoms with Crippen LogP contribution < -0.4 is 4.72 Å². The fraction of sp³-hybridized carbons (Fsp3) is 0.588. The van der Waals surface area contributed by atoms with Crippen molar-refractivity contribution in [3.8, 4) is 6.07 Å². The van der Waals surface area contributed by atoms with Crippen LogP contribution in [0.4, 0.5) is 0 Å². The van der Waals surface area contributed by atoms with Crippen LogP contribution in [0.15, 0.2) is 24.3 Å². The second kappa shape index (κ2) is 7.91. The lowest BCUT2D eigenvalue weighted by atomic mass is 10.00. The highest BCUT2D eigenvalue weighted by Gasteiger charge is 2.21. The van der Waals surface area contributed by atoms with E-state index < -0.39 is 10.0 Å². The molecule has 0 saturated carbocycles. The second-order valence-electron chi connectivity index (χ2n) is 6.60. The van der Waals surface area contributed by atoms with Gasteiger partial charge in [-0.3, -0.25) is 0 Å². The van der Waals surface area contributed by atoms with Crippen LogP contribution in [0.2, 0.25) is 0 Å². The molecule has 126 valence electrons. The number of hydrogen-bond donors (Lipinski definition) is 1. The Morgan fingerprint density at radius 3 is 2.96 bits per heavy atom. The summed E-state index contributed by atoms with van der Waals surface area (Å²) in [5, 5.41) is 8.89. The van der Waals surface area contributed by atoms with E-state index in [1.807, 2.05) is 13.0 Å². The van der Waals surface area contributed by atoms with Gasteiger partial charge < -0.3 is 4.90 Å². The molecule has 2 atom stereocenters. The van der Waals surface area contributed by atoms with Gasteiger partial charge in [0.15, 0.2) is 0 Å².